The van der Waals surface area contributed by atoms with Gasteiger partial charge in [-0.15, -0.1) is 0 Å². The van der Waals surface area contributed by atoms with E-state index in [9.17, 15) is 4.79 Å². The van der Waals surface area contributed by atoms with E-state index in [0.717, 1.165) is 43.7 Å². The molecule has 0 unspecified atom stereocenters. The van der Waals surface area contributed by atoms with Gasteiger partial charge in [0, 0.05) is 44.6 Å². The Balaban J connectivity index is 1.41. The Morgan fingerprint density at radius 2 is 1.92 bits per heavy atom. The molecule has 2 aromatic rings. The maximum absolute atomic E-state index is 12.4. The smallest absolute Gasteiger partial charge is 0.222 e. The van der Waals surface area contributed by atoms with Gasteiger partial charge in [-0.1, -0.05) is 18.2 Å². The van der Waals surface area contributed by atoms with Crippen LogP contribution in [0.1, 0.15) is 24.8 Å². The minimum absolute atomic E-state index is 0.139. The lowest BCUT2D eigenvalue weighted by molar-refractivity contribution is -0.132. The van der Waals surface area contributed by atoms with Crippen LogP contribution in [0.2, 0.25) is 0 Å². The van der Waals surface area contributed by atoms with E-state index >= 15 is 0 Å². The van der Waals surface area contributed by atoms with Gasteiger partial charge in [-0.2, -0.15) is 0 Å². The molecule has 0 bridgehead atoms. The molecule has 0 radical (unpaired) electrons. The summed E-state index contributed by atoms with van der Waals surface area (Å²) >= 11 is 0. The van der Waals surface area contributed by atoms with E-state index in [0.29, 0.717) is 12.3 Å². The number of aromatic nitrogens is 1. The summed E-state index contributed by atoms with van der Waals surface area (Å²) in [4.78, 5) is 18.5. The molecule has 1 fully saturated rings. The zero-order valence-electron chi connectivity index (χ0n) is 14.6. The zero-order chi connectivity index (χ0) is 17.5. The molecule has 1 aliphatic rings. The molecule has 0 N–H and O–H groups in total. The Morgan fingerprint density at radius 1 is 1.16 bits per heavy atom. The van der Waals surface area contributed by atoms with Crippen molar-refractivity contribution in [3.05, 3.63) is 54.2 Å². The number of carbonyl (C=O) groups excluding carboxylic acids is 1. The van der Waals surface area contributed by atoms with E-state index in [1.165, 1.54) is 0 Å². The Bertz CT molecular complexity index is 665. The summed E-state index contributed by atoms with van der Waals surface area (Å²) in [6.07, 6.45) is 4.87. The molecule has 1 aromatic carbocycles. The average Bonchev–Trinajstić information content (AvgIpc) is 2.68. The highest BCUT2D eigenvalue weighted by Gasteiger charge is 2.23. The topological polar surface area (TPSA) is 51.7 Å². The number of amides is 1. The lowest BCUT2D eigenvalue weighted by atomic mass is 10.1. The van der Waals surface area contributed by atoms with Crippen molar-refractivity contribution in [2.45, 2.75) is 31.8 Å². The normalized spacial score (nSPS) is 15.0. The summed E-state index contributed by atoms with van der Waals surface area (Å²) in [6.45, 7) is 1.50. The third-order valence-corrected chi connectivity index (χ3v) is 4.51. The largest absolute Gasteiger partial charge is 0.497 e. The molecule has 3 rings (SSSR count). The number of likely N-dealkylation sites (tertiary alicyclic amines) is 1. The number of piperidine rings is 1. The zero-order valence-corrected chi connectivity index (χ0v) is 14.6. The van der Waals surface area contributed by atoms with Crippen molar-refractivity contribution < 1.29 is 14.3 Å². The Kier molecular flexibility index (Phi) is 5.88. The molecule has 132 valence electrons. The summed E-state index contributed by atoms with van der Waals surface area (Å²) in [5.74, 6) is 1.71. The first-order valence-electron chi connectivity index (χ1n) is 8.73. The van der Waals surface area contributed by atoms with Crippen LogP contribution >= 0.6 is 0 Å². The maximum atomic E-state index is 12.4. The number of hydrogen-bond donors (Lipinski definition) is 0. The highest BCUT2D eigenvalue weighted by molar-refractivity contribution is 5.76. The minimum Gasteiger partial charge on any atom is -0.497 e. The van der Waals surface area contributed by atoms with Gasteiger partial charge < -0.3 is 14.4 Å². The van der Waals surface area contributed by atoms with Crippen LogP contribution in [0.5, 0.6) is 11.6 Å². The molecular weight excluding hydrogens is 316 g/mol. The lowest BCUT2D eigenvalue weighted by Crippen LogP contribution is -2.41. The first-order chi connectivity index (χ1) is 12.2. The fourth-order valence-corrected chi connectivity index (χ4v) is 3.01. The van der Waals surface area contributed by atoms with Gasteiger partial charge in [-0.3, -0.25) is 4.79 Å². The van der Waals surface area contributed by atoms with Gasteiger partial charge in [0.25, 0.3) is 0 Å². The number of benzene rings is 1. The van der Waals surface area contributed by atoms with Crippen LogP contribution in [0.3, 0.4) is 0 Å². The van der Waals surface area contributed by atoms with Crippen LogP contribution in [0, 0.1) is 0 Å². The molecule has 2 heterocycles. The number of hydrogen-bond acceptors (Lipinski definition) is 4. The van der Waals surface area contributed by atoms with Gasteiger partial charge in [-0.25, -0.2) is 4.98 Å². The van der Waals surface area contributed by atoms with Crippen LogP contribution in [0.4, 0.5) is 0 Å². The molecular formula is C20H24N2O3. The number of aryl methyl sites for hydroxylation is 1. The van der Waals surface area contributed by atoms with Gasteiger partial charge >= 0.3 is 0 Å². The molecule has 25 heavy (non-hydrogen) atoms. The van der Waals surface area contributed by atoms with Gasteiger partial charge in [-0.05, 0) is 30.2 Å². The van der Waals surface area contributed by atoms with E-state index in [1.807, 2.05) is 47.4 Å². The molecule has 0 saturated carbocycles. The quantitative estimate of drug-likeness (QED) is 0.811. The number of ether oxygens (including phenoxy) is 2. The standard InChI is InChI=1S/C20H24N2O3/c1-24-17-8-5-16(6-9-17)7-10-20(23)22-14-11-18(12-15-22)25-19-4-2-3-13-21-19/h2-6,8-9,13,18H,7,10-12,14-15H2,1H3. The van der Waals surface area contributed by atoms with Gasteiger partial charge in [0.2, 0.25) is 11.8 Å². The molecule has 1 aliphatic heterocycles. The number of methoxy groups -OCH3 is 1. The second-order valence-corrected chi connectivity index (χ2v) is 6.21. The minimum atomic E-state index is 0.139. The van der Waals surface area contributed by atoms with Crippen molar-refractivity contribution in [2.75, 3.05) is 20.2 Å². The summed E-state index contributed by atoms with van der Waals surface area (Å²) in [5, 5.41) is 0. The lowest BCUT2D eigenvalue weighted by Gasteiger charge is -2.32. The fraction of sp³-hybridized carbons (Fsp3) is 0.400. The predicted molar refractivity (Wildman–Crippen MR) is 95.8 cm³/mol. The highest BCUT2D eigenvalue weighted by atomic mass is 16.5. The van der Waals surface area contributed by atoms with E-state index in [1.54, 1.807) is 13.3 Å². The first-order valence-corrected chi connectivity index (χ1v) is 8.73. The van der Waals surface area contributed by atoms with Crippen molar-refractivity contribution in [3.8, 4) is 11.6 Å². The van der Waals surface area contributed by atoms with Crippen LogP contribution in [0.15, 0.2) is 48.7 Å². The van der Waals surface area contributed by atoms with E-state index in [4.69, 9.17) is 9.47 Å². The highest BCUT2D eigenvalue weighted by Crippen LogP contribution is 2.18. The third-order valence-electron chi connectivity index (χ3n) is 4.51. The monoisotopic (exact) mass is 340 g/mol. The average molecular weight is 340 g/mol. The number of nitrogens with zero attached hydrogens (tertiary/aromatic N) is 2. The SMILES string of the molecule is COc1ccc(CCC(=O)N2CCC(Oc3ccccn3)CC2)cc1. The first kappa shape index (κ1) is 17.3. The van der Waals surface area contributed by atoms with Crippen molar-refractivity contribution >= 4 is 5.91 Å². The Morgan fingerprint density at radius 3 is 2.56 bits per heavy atom. The second kappa shape index (κ2) is 8.51. The van der Waals surface area contributed by atoms with Crippen LogP contribution < -0.4 is 9.47 Å². The van der Waals surface area contributed by atoms with E-state index in [-0.39, 0.29) is 12.0 Å². The van der Waals surface area contributed by atoms with Crippen molar-refractivity contribution in [2.24, 2.45) is 0 Å². The number of rotatable bonds is 6. The molecule has 0 spiro atoms. The fourth-order valence-electron chi connectivity index (χ4n) is 3.01. The molecule has 1 amide bonds. The number of carbonyl (C=O) groups is 1. The molecule has 5 heteroatoms. The van der Waals surface area contributed by atoms with E-state index < -0.39 is 0 Å². The van der Waals surface area contributed by atoms with E-state index in [2.05, 4.69) is 4.98 Å². The Hall–Kier alpha value is -2.56. The van der Waals surface area contributed by atoms with Crippen LogP contribution in [0.25, 0.3) is 0 Å². The Labute approximate surface area is 148 Å². The molecule has 1 aromatic heterocycles. The molecule has 0 aliphatic carbocycles. The van der Waals surface area contributed by atoms with Crippen molar-refractivity contribution in [3.63, 3.8) is 0 Å². The summed E-state index contributed by atoms with van der Waals surface area (Å²) in [6, 6.07) is 13.5. The summed E-state index contributed by atoms with van der Waals surface area (Å²) < 4.78 is 11.0. The van der Waals surface area contributed by atoms with Gasteiger partial charge in [0.1, 0.15) is 11.9 Å². The number of pyridine rings is 1. The predicted octanol–water partition coefficient (Wildman–Crippen LogP) is 3.09. The van der Waals surface area contributed by atoms with Crippen LogP contribution in [-0.4, -0.2) is 42.1 Å². The maximum Gasteiger partial charge on any atom is 0.222 e. The van der Waals surface area contributed by atoms with Crippen LogP contribution in [-0.2, 0) is 11.2 Å². The molecule has 1 saturated heterocycles. The van der Waals surface area contributed by atoms with Crippen molar-refractivity contribution in [1.82, 2.24) is 9.88 Å². The second-order valence-electron chi connectivity index (χ2n) is 6.21. The molecule has 5 nitrogen and oxygen atoms in total. The van der Waals surface area contributed by atoms with Gasteiger partial charge in [0.05, 0.1) is 7.11 Å². The summed E-state index contributed by atoms with van der Waals surface area (Å²) in [5.41, 5.74) is 1.16. The summed E-state index contributed by atoms with van der Waals surface area (Å²) in [7, 11) is 1.65. The molecule has 0 atom stereocenters. The third kappa shape index (κ3) is 4.95. The van der Waals surface area contributed by atoms with Gasteiger partial charge in [0.15, 0.2) is 0 Å². The van der Waals surface area contributed by atoms with Crippen molar-refractivity contribution in [1.29, 1.82) is 0 Å².